The number of aliphatic carboxylic acids is 1. The maximum Gasteiger partial charge on any atom is 0.305 e. The van der Waals surface area contributed by atoms with Crippen LogP contribution >= 0.6 is 0 Å². The van der Waals surface area contributed by atoms with Crippen LogP contribution in [0.15, 0.2) is 18.2 Å². The summed E-state index contributed by atoms with van der Waals surface area (Å²) in [6.07, 6.45) is 2.18. The number of aldehydes is 1. The molecule has 1 fully saturated rings. The van der Waals surface area contributed by atoms with Crippen molar-refractivity contribution >= 4 is 30.0 Å². The first-order chi connectivity index (χ1) is 13.8. The van der Waals surface area contributed by atoms with E-state index in [9.17, 15) is 24.0 Å². The number of ether oxygens (including phenoxy) is 1. The average molecular weight is 404 g/mol. The maximum atomic E-state index is 12.8. The zero-order valence-electron chi connectivity index (χ0n) is 16.2. The molecular formula is C20H24N2O7. The number of carbonyl (C=O) groups is 5. The first-order valence-corrected chi connectivity index (χ1v) is 9.32. The van der Waals surface area contributed by atoms with Crippen molar-refractivity contribution in [2.75, 3.05) is 20.3 Å². The molecule has 0 radical (unpaired) electrons. The van der Waals surface area contributed by atoms with Crippen molar-refractivity contribution in [3.05, 3.63) is 34.9 Å². The van der Waals surface area contributed by atoms with Gasteiger partial charge in [-0.05, 0) is 37.0 Å². The molecule has 0 spiro atoms. The summed E-state index contributed by atoms with van der Waals surface area (Å²) in [7, 11) is 1.47. The molecule has 3 amide bonds. The van der Waals surface area contributed by atoms with E-state index < -0.39 is 23.8 Å². The number of hydrogen-bond acceptors (Lipinski definition) is 6. The van der Waals surface area contributed by atoms with Gasteiger partial charge in [0, 0.05) is 25.6 Å². The van der Waals surface area contributed by atoms with Crippen molar-refractivity contribution < 1.29 is 33.8 Å². The predicted molar refractivity (Wildman–Crippen MR) is 101 cm³/mol. The number of benzene rings is 1. The van der Waals surface area contributed by atoms with Gasteiger partial charge in [0.15, 0.2) is 6.29 Å². The van der Waals surface area contributed by atoms with Crippen molar-refractivity contribution in [2.45, 2.75) is 38.1 Å². The number of carboxylic acid groups (broad SMARTS) is 1. The summed E-state index contributed by atoms with van der Waals surface area (Å²) in [4.78, 5) is 59.2. The van der Waals surface area contributed by atoms with Crippen molar-refractivity contribution in [2.24, 2.45) is 0 Å². The fraction of sp³-hybridized carbons (Fsp3) is 0.450. The minimum Gasteiger partial charge on any atom is -0.481 e. The van der Waals surface area contributed by atoms with E-state index in [1.807, 2.05) is 0 Å². The van der Waals surface area contributed by atoms with Crippen LogP contribution in [0.4, 0.5) is 0 Å². The Hall–Kier alpha value is -3.07. The maximum absolute atomic E-state index is 12.8. The van der Waals surface area contributed by atoms with Crippen LogP contribution in [0.3, 0.4) is 0 Å². The molecule has 2 rings (SSSR count). The van der Waals surface area contributed by atoms with Crippen LogP contribution in [-0.2, 0) is 25.5 Å². The summed E-state index contributed by atoms with van der Waals surface area (Å²) in [6, 6.07) is 4.14. The monoisotopic (exact) mass is 404 g/mol. The molecule has 1 atom stereocenters. The summed E-state index contributed by atoms with van der Waals surface area (Å²) >= 11 is 0. The Balaban J connectivity index is 1.97. The van der Waals surface area contributed by atoms with Gasteiger partial charge in [0.2, 0.25) is 11.8 Å². The highest BCUT2D eigenvalue weighted by molar-refractivity contribution is 6.06. The van der Waals surface area contributed by atoms with Crippen LogP contribution < -0.4 is 5.32 Å². The van der Waals surface area contributed by atoms with Gasteiger partial charge in [-0.2, -0.15) is 0 Å². The molecule has 1 aliphatic rings. The van der Waals surface area contributed by atoms with Crippen LogP contribution in [0.1, 0.15) is 52.0 Å². The van der Waals surface area contributed by atoms with E-state index in [1.54, 1.807) is 18.2 Å². The number of carboxylic acids is 1. The predicted octanol–water partition coefficient (Wildman–Crippen LogP) is 0.800. The number of nitrogens with zero attached hydrogens (tertiary/aromatic N) is 1. The molecule has 0 aliphatic carbocycles. The molecule has 2 N–H and O–H groups in total. The van der Waals surface area contributed by atoms with Gasteiger partial charge >= 0.3 is 5.97 Å². The quantitative estimate of drug-likeness (QED) is 0.335. The molecule has 9 heteroatoms. The van der Waals surface area contributed by atoms with Gasteiger partial charge in [-0.15, -0.1) is 0 Å². The third-order valence-corrected chi connectivity index (χ3v) is 4.69. The normalized spacial score (nSPS) is 16.2. The van der Waals surface area contributed by atoms with Crippen molar-refractivity contribution in [3.8, 4) is 0 Å². The summed E-state index contributed by atoms with van der Waals surface area (Å²) in [6.45, 7) is 0.539. The lowest BCUT2D eigenvalue weighted by Crippen LogP contribution is -2.53. The molecule has 0 saturated carbocycles. The van der Waals surface area contributed by atoms with Crippen LogP contribution in [0.25, 0.3) is 0 Å². The van der Waals surface area contributed by atoms with Gasteiger partial charge in [0.05, 0.1) is 18.6 Å². The highest BCUT2D eigenvalue weighted by atomic mass is 16.5. The molecule has 1 heterocycles. The Bertz CT molecular complexity index is 806. The molecule has 1 unspecified atom stereocenters. The van der Waals surface area contributed by atoms with Crippen molar-refractivity contribution in [1.82, 2.24) is 10.2 Å². The lowest BCUT2D eigenvalue weighted by molar-refractivity contribution is -0.138. The molecule has 1 aliphatic heterocycles. The molecule has 9 nitrogen and oxygen atoms in total. The zero-order chi connectivity index (χ0) is 21.4. The van der Waals surface area contributed by atoms with Crippen LogP contribution in [0.2, 0.25) is 0 Å². The van der Waals surface area contributed by atoms with Gasteiger partial charge in [0.25, 0.3) is 5.91 Å². The second-order valence-corrected chi connectivity index (χ2v) is 6.78. The fourth-order valence-electron chi connectivity index (χ4n) is 3.08. The molecule has 29 heavy (non-hydrogen) atoms. The van der Waals surface area contributed by atoms with Crippen LogP contribution in [-0.4, -0.2) is 66.3 Å². The molecular weight excluding hydrogens is 380 g/mol. The number of carbonyl (C=O) groups excluding carboxylic acids is 4. The Morgan fingerprint density at radius 3 is 2.72 bits per heavy atom. The third-order valence-electron chi connectivity index (χ3n) is 4.69. The standard InChI is InChI=1S/C20H24N2O7/c1-22(16-6-7-17(24)21-19(16)27)20(28)15-5-4-13(11-14(15)12-23)3-2-9-29-10-8-18(25)26/h4-5,11-12,16H,2-3,6-10H2,1H3,(H,25,26)(H,21,24,27). The lowest BCUT2D eigenvalue weighted by atomic mass is 9.99. The van der Waals surface area contributed by atoms with Crippen molar-refractivity contribution in [3.63, 3.8) is 0 Å². The Kier molecular flexibility index (Phi) is 8.02. The summed E-state index contributed by atoms with van der Waals surface area (Å²) < 4.78 is 5.23. The number of amides is 3. The van der Waals surface area contributed by atoms with Crippen LogP contribution in [0.5, 0.6) is 0 Å². The second kappa shape index (κ2) is 10.5. The topological polar surface area (TPSA) is 130 Å². The number of nitrogens with one attached hydrogen (secondary N) is 1. The van der Waals surface area contributed by atoms with E-state index in [0.717, 1.165) is 5.56 Å². The molecule has 156 valence electrons. The number of hydrogen-bond donors (Lipinski definition) is 2. The van der Waals surface area contributed by atoms with Crippen molar-refractivity contribution in [1.29, 1.82) is 0 Å². The van der Waals surface area contributed by atoms with E-state index in [4.69, 9.17) is 9.84 Å². The van der Waals surface area contributed by atoms with Gasteiger partial charge in [-0.3, -0.25) is 29.3 Å². The van der Waals surface area contributed by atoms with Crippen LogP contribution in [0, 0.1) is 0 Å². The zero-order valence-corrected chi connectivity index (χ0v) is 16.2. The minimum atomic E-state index is -0.914. The van der Waals surface area contributed by atoms with E-state index in [-0.39, 0.29) is 42.9 Å². The number of imide groups is 1. The summed E-state index contributed by atoms with van der Waals surface area (Å²) in [5, 5.41) is 10.8. The van der Waals surface area contributed by atoms with E-state index >= 15 is 0 Å². The first kappa shape index (κ1) is 22.2. The first-order valence-electron chi connectivity index (χ1n) is 9.32. The Labute approximate surface area is 168 Å². The molecule has 0 aromatic heterocycles. The molecule has 1 aromatic rings. The second-order valence-electron chi connectivity index (χ2n) is 6.78. The molecule has 1 saturated heterocycles. The highest BCUT2D eigenvalue weighted by Crippen LogP contribution is 2.18. The van der Waals surface area contributed by atoms with Gasteiger partial charge < -0.3 is 14.7 Å². The third kappa shape index (κ3) is 6.21. The summed E-state index contributed by atoms with van der Waals surface area (Å²) in [5.74, 6) is -2.27. The minimum absolute atomic E-state index is 0.0488. The van der Waals surface area contributed by atoms with E-state index in [1.165, 1.54) is 11.9 Å². The number of piperidine rings is 1. The fourth-order valence-corrected chi connectivity index (χ4v) is 3.08. The number of likely N-dealkylation sites (N-methyl/N-ethyl adjacent to an activating group) is 1. The van der Waals surface area contributed by atoms with Gasteiger partial charge in [-0.25, -0.2) is 0 Å². The Morgan fingerprint density at radius 2 is 2.07 bits per heavy atom. The largest absolute Gasteiger partial charge is 0.481 e. The smallest absolute Gasteiger partial charge is 0.305 e. The van der Waals surface area contributed by atoms with E-state index in [2.05, 4.69) is 5.32 Å². The Morgan fingerprint density at radius 1 is 1.31 bits per heavy atom. The SMILES string of the molecule is CN(C(=O)c1ccc(CCCOCCC(=O)O)cc1C=O)C1CCC(=O)NC1=O. The molecule has 0 bridgehead atoms. The summed E-state index contributed by atoms with van der Waals surface area (Å²) in [5.41, 5.74) is 1.25. The number of rotatable bonds is 10. The van der Waals surface area contributed by atoms with Gasteiger partial charge in [-0.1, -0.05) is 6.07 Å². The number of aryl methyl sites for hydroxylation is 1. The van der Waals surface area contributed by atoms with E-state index in [0.29, 0.717) is 25.7 Å². The molecule has 1 aromatic carbocycles. The average Bonchev–Trinajstić information content (AvgIpc) is 2.69. The van der Waals surface area contributed by atoms with Gasteiger partial charge in [0.1, 0.15) is 6.04 Å². The lowest BCUT2D eigenvalue weighted by Gasteiger charge is -2.30. The highest BCUT2D eigenvalue weighted by Gasteiger charge is 2.33.